The van der Waals surface area contributed by atoms with Crippen LogP contribution in [0.2, 0.25) is 10.0 Å². The lowest BCUT2D eigenvalue weighted by Crippen LogP contribution is -2.57. The van der Waals surface area contributed by atoms with Crippen molar-refractivity contribution in [2.45, 2.75) is 57.5 Å². The van der Waals surface area contributed by atoms with Crippen LogP contribution in [0.5, 0.6) is 0 Å². The SMILES string of the molecule is Cc1cccc(C)c1NC(=O)CN1CCN(C2CCN(C(=O)c3cc(C(F)(F)F)cc(C(F)(F)F)c3)C(Cc3ccc(Cl)c(Cl)c3)C2)CC1. The number of benzene rings is 3. The summed E-state index contributed by atoms with van der Waals surface area (Å²) < 4.78 is 81.7. The monoisotopic (exact) mass is 728 g/mol. The smallest absolute Gasteiger partial charge is 0.335 e. The Hall–Kier alpha value is -3.32. The maximum Gasteiger partial charge on any atom is 0.416 e. The molecule has 264 valence electrons. The Morgan fingerprint density at radius 3 is 2.00 bits per heavy atom. The number of piperidine rings is 1. The maximum atomic E-state index is 13.8. The number of nitrogens with zero attached hydrogens (tertiary/aromatic N) is 3. The molecule has 0 aliphatic carbocycles. The van der Waals surface area contributed by atoms with Crippen molar-refractivity contribution in [3.05, 3.63) is 98.0 Å². The molecule has 1 N–H and O–H groups in total. The van der Waals surface area contributed by atoms with Gasteiger partial charge in [0.25, 0.3) is 5.91 Å². The lowest BCUT2D eigenvalue weighted by Gasteiger charge is -2.46. The number of alkyl halides is 6. The van der Waals surface area contributed by atoms with E-state index in [1.807, 2.05) is 32.0 Å². The minimum absolute atomic E-state index is 0.00494. The molecule has 0 spiro atoms. The third kappa shape index (κ3) is 9.08. The summed E-state index contributed by atoms with van der Waals surface area (Å²) in [4.78, 5) is 32.3. The fourth-order valence-corrected chi connectivity index (χ4v) is 7.01. The third-order valence-corrected chi connectivity index (χ3v) is 10.0. The maximum absolute atomic E-state index is 13.8. The average molecular weight is 730 g/mol. The summed E-state index contributed by atoms with van der Waals surface area (Å²) in [7, 11) is 0. The molecule has 0 radical (unpaired) electrons. The third-order valence-electron chi connectivity index (χ3n) is 9.28. The first-order valence-electron chi connectivity index (χ1n) is 15.9. The van der Waals surface area contributed by atoms with Crippen molar-refractivity contribution in [3.8, 4) is 0 Å². The lowest BCUT2D eigenvalue weighted by atomic mass is 9.90. The minimum atomic E-state index is -5.08. The van der Waals surface area contributed by atoms with Crippen molar-refractivity contribution in [3.63, 3.8) is 0 Å². The van der Waals surface area contributed by atoms with E-state index in [9.17, 15) is 35.9 Å². The summed E-state index contributed by atoms with van der Waals surface area (Å²) in [6.45, 7) is 6.79. The number of halogens is 8. The van der Waals surface area contributed by atoms with E-state index in [-0.39, 0.29) is 42.5 Å². The van der Waals surface area contributed by atoms with Gasteiger partial charge < -0.3 is 10.2 Å². The first kappa shape index (κ1) is 36.9. The molecular weight excluding hydrogens is 693 g/mol. The van der Waals surface area contributed by atoms with Gasteiger partial charge in [-0.25, -0.2) is 0 Å². The van der Waals surface area contributed by atoms with Gasteiger partial charge in [-0.05, 0) is 80.1 Å². The van der Waals surface area contributed by atoms with Crippen molar-refractivity contribution >= 4 is 40.7 Å². The summed E-state index contributed by atoms with van der Waals surface area (Å²) in [5, 5.41) is 3.62. The molecule has 2 aliphatic heterocycles. The first-order valence-corrected chi connectivity index (χ1v) is 16.6. The summed E-state index contributed by atoms with van der Waals surface area (Å²) in [5.41, 5.74) is -0.269. The van der Waals surface area contributed by atoms with Gasteiger partial charge in [0.2, 0.25) is 5.91 Å². The zero-order valence-corrected chi connectivity index (χ0v) is 28.4. The number of anilines is 1. The number of para-hydroxylation sites is 1. The number of likely N-dealkylation sites (tertiary alicyclic amines) is 1. The van der Waals surface area contributed by atoms with Gasteiger partial charge in [0.1, 0.15) is 0 Å². The number of hydrogen-bond acceptors (Lipinski definition) is 4. The van der Waals surface area contributed by atoms with Gasteiger partial charge in [-0.15, -0.1) is 0 Å². The van der Waals surface area contributed by atoms with Crippen LogP contribution in [0.1, 0.15) is 51.0 Å². The number of rotatable bonds is 7. The molecule has 0 aromatic heterocycles. The Labute approximate surface area is 290 Å². The Balaban J connectivity index is 1.31. The van der Waals surface area contributed by atoms with Crippen LogP contribution in [0.15, 0.2) is 54.6 Å². The number of aryl methyl sites for hydroxylation is 2. The lowest BCUT2D eigenvalue weighted by molar-refractivity contribution is -0.143. The first-order chi connectivity index (χ1) is 23.0. The molecule has 2 fully saturated rings. The molecule has 3 aromatic carbocycles. The van der Waals surface area contributed by atoms with Gasteiger partial charge in [0.15, 0.2) is 0 Å². The average Bonchev–Trinajstić information content (AvgIpc) is 3.03. The minimum Gasteiger partial charge on any atom is -0.335 e. The molecule has 14 heteroatoms. The van der Waals surface area contributed by atoms with Crippen molar-refractivity contribution in [2.75, 3.05) is 44.6 Å². The number of piperazine rings is 1. The highest BCUT2D eigenvalue weighted by atomic mass is 35.5. The van der Waals surface area contributed by atoms with Crippen LogP contribution in [0.25, 0.3) is 0 Å². The fourth-order valence-electron chi connectivity index (χ4n) is 6.69. The second kappa shape index (κ2) is 14.9. The number of nitrogens with one attached hydrogen (secondary N) is 1. The molecule has 6 nitrogen and oxygen atoms in total. The second-order valence-corrected chi connectivity index (χ2v) is 13.5. The summed E-state index contributed by atoms with van der Waals surface area (Å²) in [6, 6.07) is 11.2. The quantitative estimate of drug-likeness (QED) is 0.250. The highest BCUT2D eigenvalue weighted by Crippen LogP contribution is 2.37. The standard InChI is InChI=1S/C35H36Cl2F6N4O2/c1-21-4-3-5-22(2)32(21)44-31(48)20-45-10-12-46(13-11-45)27-8-9-47(28(19-27)14-23-6-7-29(36)30(37)15-23)33(49)24-16-25(34(38,39)40)18-26(17-24)35(41,42)43/h3-7,15-18,27-28H,8-14,19-20H2,1-2H3,(H,44,48). The van der Waals surface area contributed by atoms with Gasteiger partial charge >= 0.3 is 12.4 Å². The summed E-state index contributed by atoms with van der Waals surface area (Å²) >= 11 is 12.3. The van der Waals surface area contributed by atoms with E-state index in [1.54, 1.807) is 18.2 Å². The summed E-state index contributed by atoms with van der Waals surface area (Å²) in [6.07, 6.45) is -8.98. The van der Waals surface area contributed by atoms with Crippen molar-refractivity contribution in [2.24, 2.45) is 0 Å². The van der Waals surface area contributed by atoms with Crippen LogP contribution in [0.3, 0.4) is 0 Å². The Kier molecular flexibility index (Phi) is 11.2. The van der Waals surface area contributed by atoms with E-state index in [4.69, 9.17) is 23.2 Å². The number of hydrogen-bond donors (Lipinski definition) is 1. The van der Waals surface area contributed by atoms with Crippen LogP contribution in [-0.2, 0) is 23.6 Å². The Morgan fingerprint density at radius 1 is 0.816 bits per heavy atom. The normalized spacial score (nSPS) is 19.6. The summed E-state index contributed by atoms with van der Waals surface area (Å²) in [5.74, 6) is -1.01. The number of carbonyl (C=O) groups is 2. The molecule has 2 aliphatic rings. The molecule has 2 atom stereocenters. The van der Waals surface area contributed by atoms with Crippen molar-refractivity contribution in [1.82, 2.24) is 14.7 Å². The largest absolute Gasteiger partial charge is 0.416 e. The van der Waals surface area contributed by atoms with E-state index in [0.29, 0.717) is 56.2 Å². The topological polar surface area (TPSA) is 55.9 Å². The Morgan fingerprint density at radius 2 is 1.43 bits per heavy atom. The van der Waals surface area contributed by atoms with Crippen molar-refractivity contribution in [1.29, 1.82) is 0 Å². The highest BCUT2D eigenvalue weighted by Gasteiger charge is 2.40. The zero-order chi connectivity index (χ0) is 35.7. The highest BCUT2D eigenvalue weighted by molar-refractivity contribution is 6.42. The molecular formula is C35H36Cl2F6N4O2. The van der Waals surface area contributed by atoms with Crippen LogP contribution in [0, 0.1) is 13.8 Å². The van der Waals surface area contributed by atoms with E-state index >= 15 is 0 Å². The van der Waals surface area contributed by atoms with Crippen LogP contribution in [-0.4, -0.2) is 77.9 Å². The predicted octanol–water partition coefficient (Wildman–Crippen LogP) is 8.12. The molecule has 2 heterocycles. The molecule has 2 unspecified atom stereocenters. The van der Waals surface area contributed by atoms with Gasteiger partial charge in [-0.2, -0.15) is 26.3 Å². The van der Waals surface area contributed by atoms with Crippen LogP contribution in [0.4, 0.5) is 32.0 Å². The molecule has 3 aromatic rings. The van der Waals surface area contributed by atoms with Crippen LogP contribution >= 0.6 is 23.2 Å². The second-order valence-electron chi connectivity index (χ2n) is 12.7. The van der Waals surface area contributed by atoms with E-state index in [2.05, 4.69) is 15.1 Å². The van der Waals surface area contributed by atoms with Gasteiger partial charge in [-0.3, -0.25) is 19.4 Å². The molecule has 0 saturated carbocycles. The Bertz CT molecular complexity index is 1640. The molecule has 2 saturated heterocycles. The number of amides is 2. The molecule has 49 heavy (non-hydrogen) atoms. The van der Waals surface area contributed by atoms with Crippen molar-refractivity contribution < 1.29 is 35.9 Å². The van der Waals surface area contributed by atoms with E-state index in [0.717, 1.165) is 22.4 Å². The van der Waals surface area contributed by atoms with E-state index < -0.39 is 41.0 Å². The molecule has 2 amide bonds. The van der Waals surface area contributed by atoms with Gasteiger partial charge in [0, 0.05) is 56.1 Å². The molecule has 0 bridgehead atoms. The fraction of sp³-hybridized carbons (Fsp3) is 0.429. The van der Waals surface area contributed by atoms with Gasteiger partial charge in [-0.1, -0.05) is 47.5 Å². The van der Waals surface area contributed by atoms with Gasteiger partial charge in [0.05, 0.1) is 27.7 Å². The number of carbonyl (C=O) groups excluding carboxylic acids is 2. The zero-order valence-electron chi connectivity index (χ0n) is 26.9. The van der Waals surface area contributed by atoms with Crippen LogP contribution < -0.4 is 5.32 Å². The molecule has 5 rings (SSSR count). The predicted molar refractivity (Wildman–Crippen MR) is 177 cm³/mol. The van der Waals surface area contributed by atoms with E-state index in [1.165, 1.54) is 4.90 Å².